The number of amides is 1. The maximum absolute atomic E-state index is 17.6. The molecule has 15 heteroatoms. The van der Waals surface area contributed by atoms with Crippen LogP contribution in [0, 0.1) is 11.6 Å². The Morgan fingerprint density at radius 2 is 1.89 bits per heavy atom. The molecule has 4 fully saturated rings. The number of hydrogen-bond donors (Lipinski definition) is 0. The van der Waals surface area contributed by atoms with Crippen LogP contribution < -0.4 is 19.1 Å². The van der Waals surface area contributed by atoms with E-state index in [1.54, 1.807) is 18.2 Å². The van der Waals surface area contributed by atoms with Gasteiger partial charge in [-0.3, -0.25) is 9.80 Å². The number of carbonyl (C=O) groups is 1. The summed E-state index contributed by atoms with van der Waals surface area (Å²) in [7, 11) is 1.50. The molecule has 0 radical (unpaired) electrons. The number of hydrogen-bond acceptors (Lipinski definition) is 11. The summed E-state index contributed by atoms with van der Waals surface area (Å²) >= 11 is 0. The number of rotatable bonds is 8. The van der Waals surface area contributed by atoms with Gasteiger partial charge in [-0.15, -0.1) is 0 Å². The van der Waals surface area contributed by atoms with Crippen LogP contribution in [0.25, 0.3) is 32.9 Å². The van der Waals surface area contributed by atoms with E-state index in [0.717, 1.165) is 25.8 Å². The smallest absolute Gasteiger partial charge is 0.410 e. The number of ether oxygens (including phenoxy) is 5. The summed E-state index contributed by atoms with van der Waals surface area (Å²) < 4.78 is 77.5. The lowest BCUT2D eigenvalue weighted by atomic mass is 9.94. The Bertz CT molecular complexity index is 2220. The number of anilines is 1. The molecular weight excluding hydrogens is 729 g/mol. The van der Waals surface area contributed by atoms with Crippen LogP contribution in [0.4, 0.5) is 23.8 Å². The van der Waals surface area contributed by atoms with Crippen molar-refractivity contribution < 1.29 is 41.7 Å². The van der Waals surface area contributed by atoms with Gasteiger partial charge in [-0.05, 0) is 94.0 Å². The number of fused-ring (bicyclic) bond motifs is 7. The number of pyridine rings is 1. The first-order chi connectivity index (χ1) is 26.9. The number of nitrogens with zero attached hydrogens (tertiary/aromatic N) is 6. The van der Waals surface area contributed by atoms with Crippen LogP contribution in [0.2, 0.25) is 0 Å². The molecule has 5 aliphatic rings. The Balaban J connectivity index is 1.21. The topological polar surface area (TPSA) is 112 Å². The molecule has 298 valence electrons. The Kier molecular flexibility index (Phi) is 9.10. The van der Waals surface area contributed by atoms with Crippen molar-refractivity contribution in [1.82, 2.24) is 24.8 Å². The Morgan fingerprint density at radius 3 is 2.68 bits per heavy atom. The van der Waals surface area contributed by atoms with Crippen LogP contribution in [0.15, 0.2) is 24.3 Å². The molecule has 1 amide bonds. The second-order valence-electron chi connectivity index (χ2n) is 16.7. The van der Waals surface area contributed by atoms with E-state index in [1.807, 2.05) is 32.6 Å². The first-order valence-corrected chi connectivity index (χ1v) is 19.6. The van der Waals surface area contributed by atoms with Gasteiger partial charge in [-0.1, -0.05) is 13.0 Å². The lowest BCUT2D eigenvalue weighted by Gasteiger charge is -2.46. The summed E-state index contributed by atoms with van der Waals surface area (Å²) in [4.78, 5) is 34.1. The van der Waals surface area contributed by atoms with Crippen LogP contribution in [0.1, 0.15) is 65.4 Å². The van der Waals surface area contributed by atoms with Crippen LogP contribution in [0.3, 0.4) is 0 Å². The zero-order valence-corrected chi connectivity index (χ0v) is 32.4. The third kappa shape index (κ3) is 6.12. The molecule has 12 nitrogen and oxygen atoms in total. The van der Waals surface area contributed by atoms with Gasteiger partial charge in [0, 0.05) is 32.2 Å². The van der Waals surface area contributed by atoms with Gasteiger partial charge < -0.3 is 28.6 Å². The van der Waals surface area contributed by atoms with Crippen molar-refractivity contribution in [3.05, 3.63) is 41.5 Å². The predicted molar refractivity (Wildman–Crippen MR) is 202 cm³/mol. The maximum Gasteiger partial charge on any atom is 0.410 e. The van der Waals surface area contributed by atoms with Gasteiger partial charge in [0.2, 0.25) is 5.88 Å². The molecule has 0 saturated carbocycles. The molecule has 2 bridgehead atoms. The minimum Gasteiger partial charge on any atom is -0.475 e. The number of methoxy groups -OCH3 is 1. The van der Waals surface area contributed by atoms with Gasteiger partial charge in [0.05, 0.1) is 23.7 Å². The molecule has 2 aromatic carbocycles. The highest BCUT2D eigenvalue weighted by molar-refractivity contribution is 6.03. The minimum atomic E-state index is -0.958. The third-order valence-electron chi connectivity index (χ3n) is 12.1. The molecule has 7 heterocycles. The minimum absolute atomic E-state index is 0.0528. The van der Waals surface area contributed by atoms with Gasteiger partial charge >= 0.3 is 12.1 Å². The largest absolute Gasteiger partial charge is 0.475 e. The zero-order valence-electron chi connectivity index (χ0n) is 32.4. The standard InChI is InChI=1S/C41H47F3N6O6/c1-6-26-28(43)10-8-22-14-25(55-21-52-5)15-27(31(22)26)34-33(44)35-32-36(47-38(46-35)54-20-41-12-7-13-48(41)17-23(42)16-41)49-18-24-9-11-29(30(49)19-53-37(32)45-34)50(24)39(51)56-40(2,3)4/h8,10,14-15,23-24,29-30H,6-7,9,11-13,16-21H2,1-5H3/t23-,24+,29-,30+,41+/m1/s1. The molecule has 4 aromatic rings. The molecule has 0 spiro atoms. The molecule has 5 aliphatic heterocycles. The van der Waals surface area contributed by atoms with Crippen molar-refractivity contribution >= 4 is 33.6 Å². The van der Waals surface area contributed by atoms with Crippen molar-refractivity contribution in [3.63, 3.8) is 0 Å². The van der Waals surface area contributed by atoms with Gasteiger partial charge in [-0.25, -0.2) is 22.9 Å². The third-order valence-corrected chi connectivity index (χ3v) is 12.1. The van der Waals surface area contributed by atoms with Gasteiger partial charge in [0.1, 0.15) is 59.0 Å². The fraction of sp³-hybridized carbons (Fsp3) is 0.561. The number of alkyl halides is 1. The van der Waals surface area contributed by atoms with Crippen molar-refractivity contribution in [3.8, 4) is 28.9 Å². The lowest BCUT2D eigenvalue weighted by Crippen LogP contribution is -2.63. The van der Waals surface area contributed by atoms with E-state index < -0.39 is 28.9 Å². The molecule has 2 aromatic heterocycles. The second-order valence-corrected chi connectivity index (χ2v) is 16.7. The summed E-state index contributed by atoms with van der Waals surface area (Å²) in [5, 5.41) is 1.39. The lowest BCUT2D eigenvalue weighted by molar-refractivity contribution is 0.00537. The molecule has 56 heavy (non-hydrogen) atoms. The summed E-state index contributed by atoms with van der Waals surface area (Å²) in [6.07, 6.45) is 2.50. The first-order valence-electron chi connectivity index (χ1n) is 19.6. The number of benzene rings is 2. The predicted octanol–water partition coefficient (Wildman–Crippen LogP) is 6.97. The van der Waals surface area contributed by atoms with E-state index in [4.69, 9.17) is 38.6 Å². The molecular formula is C41H47F3N6O6. The fourth-order valence-electron chi connectivity index (χ4n) is 9.78. The van der Waals surface area contributed by atoms with E-state index in [-0.39, 0.29) is 72.7 Å². The zero-order chi connectivity index (χ0) is 39.1. The van der Waals surface area contributed by atoms with Gasteiger partial charge in [0.25, 0.3) is 0 Å². The van der Waals surface area contributed by atoms with E-state index >= 15 is 8.78 Å². The normalized spacial score (nSPS) is 25.6. The summed E-state index contributed by atoms with van der Waals surface area (Å²) in [5.41, 5.74) is -0.665. The first kappa shape index (κ1) is 37.0. The highest BCUT2D eigenvalue weighted by Gasteiger charge is 2.52. The highest BCUT2D eigenvalue weighted by atomic mass is 19.1. The monoisotopic (exact) mass is 776 g/mol. The molecule has 9 rings (SSSR count). The van der Waals surface area contributed by atoms with Crippen LogP contribution in [-0.2, 0) is 15.9 Å². The number of piperazine rings is 1. The van der Waals surface area contributed by atoms with Crippen LogP contribution in [0.5, 0.6) is 17.6 Å². The average molecular weight is 777 g/mol. The van der Waals surface area contributed by atoms with Gasteiger partial charge in [-0.2, -0.15) is 9.97 Å². The van der Waals surface area contributed by atoms with E-state index in [0.29, 0.717) is 65.8 Å². The summed E-state index contributed by atoms with van der Waals surface area (Å²) in [6.45, 7) is 9.09. The summed E-state index contributed by atoms with van der Waals surface area (Å²) in [6, 6.07) is 5.50. The summed E-state index contributed by atoms with van der Waals surface area (Å²) in [5.74, 6) is -0.320. The van der Waals surface area contributed by atoms with Crippen LogP contribution >= 0.6 is 0 Å². The van der Waals surface area contributed by atoms with Crippen molar-refractivity contribution in [2.75, 3.05) is 51.7 Å². The van der Waals surface area contributed by atoms with Crippen molar-refractivity contribution in [2.45, 2.75) is 102 Å². The molecule has 5 atom stereocenters. The number of carbonyl (C=O) groups excluding carboxylic acids is 1. The van der Waals surface area contributed by atoms with Crippen molar-refractivity contribution in [2.24, 2.45) is 0 Å². The van der Waals surface area contributed by atoms with Gasteiger partial charge in [0.15, 0.2) is 12.6 Å². The Morgan fingerprint density at radius 1 is 1.05 bits per heavy atom. The highest BCUT2D eigenvalue weighted by Crippen LogP contribution is 2.47. The number of halogens is 3. The SMILES string of the molecule is CCc1c(F)ccc2cc(OCOC)cc(-c3nc4c5c(nc(OC[C@@]67CCCN6C[C@H](F)C7)nc5c3F)N3C[C@@H]5CC[C@H]([C@@H]3CO4)N5C(=O)OC(C)(C)C)c12. The average Bonchev–Trinajstić information content (AvgIpc) is 3.76. The van der Waals surface area contributed by atoms with Crippen molar-refractivity contribution in [1.29, 1.82) is 0 Å². The number of aromatic nitrogens is 3. The Labute approximate surface area is 323 Å². The van der Waals surface area contributed by atoms with E-state index in [1.165, 1.54) is 13.2 Å². The number of aryl methyl sites for hydroxylation is 1. The molecule has 0 aliphatic carbocycles. The molecule has 0 unspecified atom stereocenters. The van der Waals surface area contributed by atoms with E-state index in [2.05, 4.69) is 9.80 Å². The second kappa shape index (κ2) is 13.8. The Hall–Kier alpha value is -4.63. The fourth-order valence-corrected chi connectivity index (χ4v) is 9.78. The van der Waals surface area contributed by atoms with Crippen LogP contribution in [-0.4, -0.2) is 113 Å². The molecule has 0 N–H and O–H groups in total. The maximum atomic E-state index is 17.6. The molecule has 4 saturated heterocycles. The quantitative estimate of drug-likeness (QED) is 0.173. The van der Waals surface area contributed by atoms with E-state index in [9.17, 15) is 9.18 Å².